The Kier molecular flexibility index (Phi) is 4.63. The Bertz CT molecular complexity index is 348. The van der Waals surface area contributed by atoms with Gasteiger partial charge in [0.05, 0.1) is 6.04 Å². The first kappa shape index (κ1) is 14.1. The van der Waals surface area contributed by atoms with Crippen molar-refractivity contribution in [3.8, 4) is 0 Å². The number of nitrogens with zero attached hydrogens (tertiary/aromatic N) is 2. The minimum Gasteiger partial charge on any atom is -0.463 e. The monoisotopic (exact) mass is 270 g/mol. The topological polar surface area (TPSA) is 59.1 Å². The van der Waals surface area contributed by atoms with E-state index in [1.165, 1.54) is 0 Å². The normalized spacial score (nSPS) is 26.3. The fourth-order valence-electron chi connectivity index (χ4n) is 2.18. The summed E-state index contributed by atoms with van der Waals surface area (Å²) < 4.78 is 10.3. The predicted octanol–water partition coefficient (Wildman–Crippen LogP) is 0.855. The van der Waals surface area contributed by atoms with Crippen molar-refractivity contribution in [2.24, 2.45) is 0 Å². The second kappa shape index (κ2) is 6.23. The zero-order valence-electron chi connectivity index (χ0n) is 11.6. The van der Waals surface area contributed by atoms with Gasteiger partial charge in [-0.25, -0.2) is 4.79 Å². The lowest BCUT2D eigenvalue weighted by atomic mass is 10.1. The minimum absolute atomic E-state index is 0.0119. The Balaban J connectivity index is 1.66. The van der Waals surface area contributed by atoms with E-state index in [0.29, 0.717) is 25.6 Å². The first-order valence-electron chi connectivity index (χ1n) is 6.91. The van der Waals surface area contributed by atoms with E-state index in [1.54, 1.807) is 11.8 Å². The molecule has 2 heterocycles. The molecule has 0 spiro atoms. The number of esters is 1. The number of carbonyl (C=O) groups excluding carboxylic acids is 2. The fraction of sp³-hybridized carbons (Fsp3) is 0.846. The SMILES string of the molecule is CCC(=O)OCC1CCN1C(=O)OCC1CCN1C. The van der Waals surface area contributed by atoms with Gasteiger partial charge < -0.3 is 14.4 Å². The number of amides is 1. The zero-order chi connectivity index (χ0) is 13.8. The second-order valence-electron chi connectivity index (χ2n) is 5.17. The van der Waals surface area contributed by atoms with Gasteiger partial charge in [-0.1, -0.05) is 6.92 Å². The van der Waals surface area contributed by atoms with Gasteiger partial charge in [-0.3, -0.25) is 9.69 Å². The van der Waals surface area contributed by atoms with Crippen LogP contribution in [0, 0.1) is 0 Å². The van der Waals surface area contributed by atoms with Crippen LogP contribution in [0.15, 0.2) is 0 Å². The molecular weight excluding hydrogens is 248 g/mol. The number of rotatable bonds is 5. The summed E-state index contributed by atoms with van der Waals surface area (Å²) >= 11 is 0. The molecule has 0 aromatic heterocycles. The molecule has 6 nitrogen and oxygen atoms in total. The highest BCUT2D eigenvalue weighted by Gasteiger charge is 2.35. The molecule has 2 aliphatic heterocycles. The van der Waals surface area contributed by atoms with Crippen LogP contribution in [0.2, 0.25) is 0 Å². The lowest BCUT2D eigenvalue weighted by Gasteiger charge is -2.41. The molecule has 2 unspecified atom stereocenters. The van der Waals surface area contributed by atoms with E-state index in [2.05, 4.69) is 4.90 Å². The van der Waals surface area contributed by atoms with Gasteiger partial charge in [0.15, 0.2) is 0 Å². The first-order chi connectivity index (χ1) is 9.11. The van der Waals surface area contributed by atoms with Gasteiger partial charge in [0.25, 0.3) is 0 Å². The van der Waals surface area contributed by atoms with Crippen LogP contribution < -0.4 is 0 Å². The number of likely N-dealkylation sites (tertiary alicyclic amines) is 2. The van der Waals surface area contributed by atoms with E-state index in [-0.39, 0.29) is 24.7 Å². The predicted molar refractivity (Wildman–Crippen MR) is 68.7 cm³/mol. The molecule has 108 valence electrons. The van der Waals surface area contributed by atoms with E-state index in [0.717, 1.165) is 19.4 Å². The zero-order valence-corrected chi connectivity index (χ0v) is 11.6. The molecular formula is C13H22N2O4. The molecule has 0 aromatic rings. The maximum absolute atomic E-state index is 11.8. The van der Waals surface area contributed by atoms with Crippen molar-refractivity contribution in [2.75, 3.05) is 33.4 Å². The van der Waals surface area contributed by atoms with E-state index >= 15 is 0 Å². The third-order valence-corrected chi connectivity index (χ3v) is 3.94. The molecule has 1 amide bonds. The van der Waals surface area contributed by atoms with Crippen LogP contribution in [0.4, 0.5) is 4.79 Å². The fourth-order valence-corrected chi connectivity index (χ4v) is 2.18. The number of ether oxygens (including phenoxy) is 2. The van der Waals surface area contributed by atoms with Gasteiger partial charge in [0.2, 0.25) is 0 Å². The Morgan fingerprint density at radius 1 is 1.11 bits per heavy atom. The van der Waals surface area contributed by atoms with Crippen LogP contribution in [0.1, 0.15) is 26.2 Å². The van der Waals surface area contributed by atoms with Gasteiger partial charge in [-0.05, 0) is 26.4 Å². The van der Waals surface area contributed by atoms with Crippen molar-refractivity contribution >= 4 is 12.1 Å². The summed E-state index contributed by atoms with van der Waals surface area (Å²) in [7, 11) is 2.03. The van der Waals surface area contributed by atoms with Gasteiger partial charge >= 0.3 is 12.1 Å². The lowest BCUT2D eigenvalue weighted by molar-refractivity contribution is -0.146. The van der Waals surface area contributed by atoms with Gasteiger partial charge in [0.1, 0.15) is 13.2 Å². The Labute approximate surface area is 113 Å². The van der Waals surface area contributed by atoms with Crippen molar-refractivity contribution < 1.29 is 19.1 Å². The number of hydrogen-bond donors (Lipinski definition) is 0. The standard InChI is InChI=1S/C13H22N2O4/c1-3-12(16)18-9-11-5-7-15(11)13(17)19-8-10-4-6-14(10)2/h10-11H,3-9H2,1-2H3. The molecule has 0 N–H and O–H groups in total. The van der Waals surface area contributed by atoms with Crippen LogP contribution in [0.25, 0.3) is 0 Å². The molecule has 0 aliphatic carbocycles. The number of likely N-dealkylation sites (N-methyl/N-ethyl adjacent to an activating group) is 1. The van der Waals surface area contributed by atoms with Crippen LogP contribution in [-0.2, 0) is 14.3 Å². The smallest absolute Gasteiger partial charge is 0.410 e. The van der Waals surface area contributed by atoms with Crippen molar-refractivity contribution in [1.82, 2.24) is 9.80 Å². The summed E-state index contributed by atoms with van der Waals surface area (Å²) in [6.07, 6.45) is 2.03. The summed E-state index contributed by atoms with van der Waals surface area (Å²) in [6.45, 7) is 4.25. The molecule has 6 heteroatoms. The molecule has 2 fully saturated rings. The molecule has 2 rings (SSSR count). The highest BCUT2D eigenvalue weighted by Crippen LogP contribution is 2.20. The molecule has 2 aliphatic rings. The third-order valence-electron chi connectivity index (χ3n) is 3.94. The molecule has 0 bridgehead atoms. The second-order valence-corrected chi connectivity index (χ2v) is 5.17. The van der Waals surface area contributed by atoms with E-state index in [9.17, 15) is 9.59 Å². The number of hydrogen-bond acceptors (Lipinski definition) is 5. The summed E-state index contributed by atoms with van der Waals surface area (Å²) in [5, 5.41) is 0. The van der Waals surface area contributed by atoms with Crippen LogP contribution in [-0.4, -0.2) is 67.3 Å². The average Bonchev–Trinajstić information content (AvgIpc) is 2.35. The maximum atomic E-state index is 11.8. The Hall–Kier alpha value is -1.30. The van der Waals surface area contributed by atoms with Gasteiger partial charge in [-0.2, -0.15) is 0 Å². The Morgan fingerprint density at radius 2 is 1.79 bits per heavy atom. The maximum Gasteiger partial charge on any atom is 0.410 e. The van der Waals surface area contributed by atoms with Gasteiger partial charge in [0, 0.05) is 19.0 Å². The first-order valence-corrected chi connectivity index (χ1v) is 6.91. The van der Waals surface area contributed by atoms with E-state index in [1.807, 2.05) is 7.05 Å². The average molecular weight is 270 g/mol. The van der Waals surface area contributed by atoms with Crippen LogP contribution in [0.3, 0.4) is 0 Å². The largest absolute Gasteiger partial charge is 0.463 e. The van der Waals surface area contributed by atoms with E-state index < -0.39 is 0 Å². The van der Waals surface area contributed by atoms with Crippen molar-refractivity contribution in [2.45, 2.75) is 38.3 Å². The molecule has 0 aromatic carbocycles. The summed E-state index contributed by atoms with van der Waals surface area (Å²) in [6, 6.07) is 0.351. The molecule has 0 radical (unpaired) electrons. The van der Waals surface area contributed by atoms with Crippen LogP contribution >= 0.6 is 0 Å². The molecule has 2 atom stereocenters. The Morgan fingerprint density at radius 3 is 2.26 bits per heavy atom. The molecule has 2 saturated heterocycles. The van der Waals surface area contributed by atoms with E-state index in [4.69, 9.17) is 9.47 Å². The highest BCUT2D eigenvalue weighted by molar-refractivity contribution is 5.70. The highest BCUT2D eigenvalue weighted by atomic mass is 16.6. The van der Waals surface area contributed by atoms with Crippen molar-refractivity contribution in [3.05, 3.63) is 0 Å². The summed E-state index contributed by atoms with van der Waals surface area (Å²) in [5.74, 6) is -0.226. The van der Waals surface area contributed by atoms with Crippen molar-refractivity contribution in [3.63, 3.8) is 0 Å². The lowest BCUT2D eigenvalue weighted by Crippen LogP contribution is -2.55. The van der Waals surface area contributed by atoms with Crippen LogP contribution in [0.5, 0.6) is 0 Å². The quantitative estimate of drug-likeness (QED) is 0.693. The minimum atomic E-state index is -0.288. The number of carbonyl (C=O) groups is 2. The molecule has 19 heavy (non-hydrogen) atoms. The van der Waals surface area contributed by atoms with Gasteiger partial charge in [-0.15, -0.1) is 0 Å². The summed E-state index contributed by atoms with van der Waals surface area (Å²) in [4.78, 5) is 26.7. The molecule has 0 saturated carbocycles. The summed E-state index contributed by atoms with van der Waals surface area (Å²) in [5.41, 5.74) is 0. The van der Waals surface area contributed by atoms with Crippen molar-refractivity contribution in [1.29, 1.82) is 0 Å². The third kappa shape index (κ3) is 3.37.